The number of carboxylic acids is 1. The molecule has 55 heavy (non-hydrogen) atoms. The number of rotatable bonds is 20. The van der Waals surface area contributed by atoms with E-state index in [-0.39, 0.29) is 38.1 Å². The lowest BCUT2D eigenvalue weighted by atomic mass is 9.99. The number of hydrogen-bond donors (Lipinski definition) is 8. The Bertz CT molecular complexity index is 1780. The monoisotopic (exact) mass is 760 g/mol. The van der Waals surface area contributed by atoms with Gasteiger partial charge in [0.2, 0.25) is 29.5 Å². The number of para-hydroxylation sites is 1. The summed E-state index contributed by atoms with van der Waals surface area (Å²) in [5.74, 6) is -4.06. The van der Waals surface area contributed by atoms with Crippen molar-refractivity contribution in [1.82, 2.24) is 31.2 Å². The van der Waals surface area contributed by atoms with Crippen LogP contribution in [0.5, 0.6) is 0 Å². The van der Waals surface area contributed by atoms with Gasteiger partial charge in [0, 0.05) is 30.1 Å². The molecule has 5 amide bonds. The van der Waals surface area contributed by atoms with Crippen LogP contribution in [-0.2, 0) is 41.6 Å². The number of likely N-dealkylation sites (tertiary alicyclic amines) is 1. The number of amides is 5. The molecule has 0 bridgehead atoms. The van der Waals surface area contributed by atoms with Crippen molar-refractivity contribution < 1.29 is 33.9 Å². The van der Waals surface area contributed by atoms with Gasteiger partial charge in [-0.2, -0.15) is 0 Å². The summed E-state index contributed by atoms with van der Waals surface area (Å²) in [4.78, 5) is 84.6. The van der Waals surface area contributed by atoms with Crippen LogP contribution >= 0.6 is 0 Å². The van der Waals surface area contributed by atoms with Gasteiger partial charge in [-0.1, -0.05) is 62.4 Å². The van der Waals surface area contributed by atoms with Crippen molar-refractivity contribution in [2.45, 2.75) is 108 Å². The van der Waals surface area contributed by atoms with Crippen molar-refractivity contribution in [3.8, 4) is 0 Å². The number of H-pyrrole nitrogens is 1. The van der Waals surface area contributed by atoms with Crippen molar-refractivity contribution >= 4 is 46.4 Å². The molecule has 15 heteroatoms. The van der Waals surface area contributed by atoms with E-state index in [1.54, 1.807) is 6.20 Å². The highest BCUT2D eigenvalue weighted by atomic mass is 16.4. The molecule has 3 aromatic rings. The average molecular weight is 761 g/mol. The second kappa shape index (κ2) is 20.4. The molecule has 0 aliphatic carbocycles. The van der Waals surface area contributed by atoms with E-state index >= 15 is 0 Å². The fourth-order valence-electron chi connectivity index (χ4n) is 6.89. The first-order chi connectivity index (χ1) is 26.3. The Balaban J connectivity index is 1.53. The van der Waals surface area contributed by atoms with Crippen LogP contribution in [0.2, 0.25) is 0 Å². The number of nitrogens with zero attached hydrogens (tertiary/aromatic N) is 1. The summed E-state index contributed by atoms with van der Waals surface area (Å²) in [6.45, 7) is 5.92. The van der Waals surface area contributed by atoms with Crippen LogP contribution in [0.4, 0.5) is 0 Å². The summed E-state index contributed by atoms with van der Waals surface area (Å²) < 4.78 is 0. The number of aromatic nitrogens is 1. The van der Waals surface area contributed by atoms with E-state index < -0.39 is 71.8 Å². The Kier molecular flexibility index (Phi) is 15.8. The molecular formula is C40H56N8O7. The molecule has 1 saturated heterocycles. The summed E-state index contributed by atoms with van der Waals surface area (Å²) in [6, 6.07) is 10.5. The van der Waals surface area contributed by atoms with Gasteiger partial charge in [-0.15, -0.1) is 0 Å². The number of fused-ring (bicyclic) bond motifs is 1. The van der Waals surface area contributed by atoms with E-state index in [2.05, 4.69) is 26.3 Å². The minimum atomic E-state index is -1.18. The van der Waals surface area contributed by atoms with Crippen LogP contribution in [0.1, 0.15) is 70.4 Å². The fraction of sp³-hybridized carbons (Fsp3) is 0.500. The Labute approximate surface area is 321 Å². The molecule has 1 aliphatic heterocycles. The molecule has 2 aromatic carbocycles. The molecule has 6 unspecified atom stereocenters. The summed E-state index contributed by atoms with van der Waals surface area (Å²) in [7, 11) is 0. The predicted octanol–water partition coefficient (Wildman–Crippen LogP) is 1.49. The summed E-state index contributed by atoms with van der Waals surface area (Å²) in [5, 5.41) is 21.6. The number of nitrogens with one attached hydrogen (secondary N) is 5. The first-order valence-corrected chi connectivity index (χ1v) is 19.1. The van der Waals surface area contributed by atoms with Crippen molar-refractivity contribution in [2.24, 2.45) is 17.4 Å². The second-order valence-corrected chi connectivity index (χ2v) is 14.7. The van der Waals surface area contributed by atoms with Crippen LogP contribution in [0.25, 0.3) is 10.9 Å². The highest BCUT2D eigenvalue weighted by Crippen LogP contribution is 2.21. The number of carbonyl (C=O) groups is 6. The van der Waals surface area contributed by atoms with Gasteiger partial charge in [0.1, 0.15) is 30.2 Å². The number of unbranched alkanes of at least 4 members (excludes halogenated alkanes) is 1. The van der Waals surface area contributed by atoms with Gasteiger partial charge in [-0.3, -0.25) is 24.0 Å². The third kappa shape index (κ3) is 12.1. The van der Waals surface area contributed by atoms with Crippen LogP contribution in [0.3, 0.4) is 0 Å². The SMILES string of the molecule is CC(C)CC(NC(=O)C(CCCCN)NC(=O)C(N)Cc1ccccc1)C(=O)NC(Cc1c[nH]c2ccccc12)C(=O)NC(C)C(=O)N1CCCC1C(=O)O. The standard InChI is InChI=1S/C40H56N8O7/c1-24(2)20-32(46-36(50)31(16-9-10-18-41)45-35(49)29(42)21-26-12-5-4-6-13-26)38(52)47-33(22-27-23-43-30-15-8-7-14-28(27)30)37(51)44-25(3)39(53)48-19-11-17-34(48)40(54)55/h4-8,12-15,23-25,29,31-34,43H,9-11,16-22,41-42H2,1-3H3,(H,44,51)(H,45,49)(H,46,50)(H,47,52)(H,54,55). The summed E-state index contributed by atoms with van der Waals surface area (Å²) in [5.41, 5.74) is 14.4. The summed E-state index contributed by atoms with van der Waals surface area (Å²) >= 11 is 0. The van der Waals surface area contributed by atoms with Gasteiger partial charge in [-0.05, 0) is 81.5 Å². The minimum absolute atomic E-state index is 0.0450. The van der Waals surface area contributed by atoms with Crippen LogP contribution in [0, 0.1) is 5.92 Å². The third-order valence-corrected chi connectivity index (χ3v) is 9.84. The van der Waals surface area contributed by atoms with Gasteiger partial charge < -0.3 is 47.7 Å². The Morgan fingerprint density at radius 1 is 0.818 bits per heavy atom. The van der Waals surface area contributed by atoms with Crippen molar-refractivity contribution in [3.63, 3.8) is 0 Å². The number of nitrogens with two attached hydrogens (primary N) is 2. The lowest BCUT2D eigenvalue weighted by molar-refractivity contribution is -0.149. The fourth-order valence-corrected chi connectivity index (χ4v) is 6.89. The molecule has 2 heterocycles. The maximum absolute atomic E-state index is 14.1. The zero-order chi connectivity index (χ0) is 40.1. The van der Waals surface area contributed by atoms with E-state index in [0.717, 1.165) is 22.0 Å². The van der Waals surface area contributed by atoms with Crippen LogP contribution in [-0.4, -0.2) is 99.8 Å². The van der Waals surface area contributed by atoms with E-state index in [1.807, 2.05) is 68.4 Å². The zero-order valence-corrected chi connectivity index (χ0v) is 31.9. The highest BCUT2D eigenvalue weighted by molar-refractivity contribution is 5.97. The number of benzene rings is 2. The molecule has 10 N–H and O–H groups in total. The summed E-state index contributed by atoms with van der Waals surface area (Å²) in [6.07, 6.45) is 4.55. The first-order valence-electron chi connectivity index (χ1n) is 19.1. The zero-order valence-electron chi connectivity index (χ0n) is 31.9. The largest absolute Gasteiger partial charge is 0.480 e. The molecule has 0 saturated carbocycles. The minimum Gasteiger partial charge on any atom is -0.480 e. The van der Waals surface area contributed by atoms with Crippen molar-refractivity contribution in [1.29, 1.82) is 0 Å². The molecule has 6 atom stereocenters. The van der Waals surface area contributed by atoms with Gasteiger partial charge in [0.15, 0.2) is 0 Å². The second-order valence-electron chi connectivity index (χ2n) is 14.7. The molecule has 0 radical (unpaired) electrons. The third-order valence-electron chi connectivity index (χ3n) is 9.84. The Morgan fingerprint density at radius 3 is 2.15 bits per heavy atom. The van der Waals surface area contributed by atoms with Gasteiger partial charge >= 0.3 is 5.97 Å². The number of hydrogen-bond acceptors (Lipinski definition) is 8. The highest BCUT2D eigenvalue weighted by Gasteiger charge is 2.37. The quantitative estimate of drug-likeness (QED) is 0.0777. The number of aliphatic carboxylic acids is 1. The maximum Gasteiger partial charge on any atom is 0.326 e. The predicted molar refractivity (Wildman–Crippen MR) is 208 cm³/mol. The topological polar surface area (TPSA) is 242 Å². The molecule has 1 aromatic heterocycles. The van der Waals surface area contributed by atoms with Gasteiger partial charge in [-0.25, -0.2) is 4.79 Å². The molecule has 298 valence electrons. The normalized spacial score (nSPS) is 16.8. The van der Waals surface area contributed by atoms with E-state index in [9.17, 15) is 33.9 Å². The number of carboxylic acid groups (broad SMARTS) is 1. The Morgan fingerprint density at radius 2 is 1.45 bits per heavy atom. The average Bonchev–Trinajstić information content (AvgIpc) is 3.82. The molecular weight excluding hydrogens is 704 g/mol. The van der Waals surface area contributed by atoms with Crippen LogP contribution in [0.15, 0.2) is 60.8 Å². The molecule has 0 spiro atoms. The molecule has 4 rings (SSSR count). The van der Waals surface area contributed by atoms with Crippen LogP contribution < -0.4 is 32.7 Å². The van der Waals surface area contributed by atoms with E-state index in [1.165, 1.54) is 11.8 Å². The van der Waals surface area contributed by atoms with Crippen molar-refractivity contribution in [3.05, 3.63) is 71.9 Å². The first kappa shape index (κ1) is 42.5. The van der Waals surface area contributed by atoms with Crippen molar-refractivity contribution in [2.75, 3.05) is 13.1 Å². The van der Waals surface area contributed by atoms with Gasteiger partial charge in [0.25, 0.3) is 0 Å². The number of carbonyl (C=O) groups excluding carboxylic acids is 5. The molecule has 1 fully saturated rings. The van der Waals surface area contributed by atoms with Gasteiger partial charge in [0.05, 0.1) is 6.04 Å². The van der Waals surface area contributed by atoms with E-state index in [0.29, 0.717) is 32.2 Å². The smallest absolute Gasteiger partial charge is 0.326 e. The molecule has 15 nitrogen and oxygen atoms in total. The molecule has 1 aliphatic rings. The maximum atomic E-state index is 14.1. The lowest BCUT2D eigenvalue weighted by Gasteiger charge is -2.28. The number of aromatic amines is 1. The lowest BCUT2D eigenvalue weighted by Crippen LogP contribution is -2.59. The Hall–Kier alpha value is -5.28. The van der Waals surface area contributed by atoms with E-state index in [4.69, 9.17) is 11.5 Å².